The Labute approximate surface area is 79.8 Å². The first-order valence-corrected chi connectivity index (χ1v) is 6.87. The second-order valence-electron chi connectivity index (χ2n) is 4.10. The van der Waals surface area contributed by atoms with E-state index < -0.39 is 9.84 Å². The van der Waals surface area contributed by atoms with E-state index in [4.69, 9.17) is 0 Å². The summed E-state index contributed by atoms with van der Waals surface area (Å²) in [6.45, 7) is 0.656. The van der Waals surface area contributed by atoms with Gasteiger partial charge in [-0.25, -0.2) is 8.42 Å². The molecule has 3 nitrogen and oxygen atoms in total. The summed E-state index contributed by atoms with van der Waals surface area (Å²) < 4.78 is 23.5. The smallest absolute Gasteiger partial charge is 0.155 e. The zero-order chi connectivity index (χ0) is 9.31. The Kier molecular flexibility index (Phi) is 2.60. The summed E-state index contributed by atoms with van der Waals surface area (Å²) in [6, 6.07) is 0.251. The van der Waals surface area contributed by atoms with Crippen LogP contribution in [0.3, 0.4) is 0 Å². The normalized spacial score (nSPS) is 39.1. The first-order valence-electron chi connectivity index (χ1n) is 5.15. The quantitative estimate of drug-likeness (QED) is 0.630. The second kappa shape index (κ2) is 3.58. The first-order chi connectivity index (χ1) is 6.20. The number of hydrogen-bond acceptors (Lipinski definition) is 3. The lowest BCUT2D eigenvalue weighted by Crippen LogP contribution is -2.51. The van der Waals surface area contributed by atoms with Crippen LogP contribution in [0.25, 0.3) is 0 Å². The van der Waals surface area contributed by atoms with Gasteiger partial charge in [0.15, 0.2) is 9.84 Å². The first kappa shape index (κ1) is 9.46. The zero-order valence-corrected chi connectivity index (χ0v) is 8.65. The third-order valence-corrected chi connectivity index (χ3v) is 5.47. The van der Waals surface area contributed by atoms with Crippen LogP contribution >= 0.6 is 0 Å². The van der Waals surface area contributed by atoms with Crippen molar-refractivity contribution in [1.29, 1.82) is 0 Å². The molecule has 0 aromatic rings. The lowest BCUT2D eigenvalue weighted by atomic mass is 10.1. The largest absolute Gasteiger partial charge is 0.312 e. The van der Waals surface area contributed by atoms with Gasteiger partial charge in [-0.05, 0) is 12.8 Å². The summed E-state index contributed by atoms with van der Waals surface area (Å²) in [5.74, 6) is 0.341. The average Bonchev–Trinajstić information content (AvgIpc) is 2.29. The van der Waals surface area contributed by atoms with Crippen molar-refractivity contribution >= 4 is 9.84 Å². The van der Waals surface area contributed by atoms with E-state index in [2.05, 4.69) is 5.32 Å². The molecule has 0 aromatic carbocycles. The van der Waals surface area contributed by atoms with E-state index in [1.807, 2.05) is 0 Å². The van der Waals surface area contributed by atoms with Gasteiger partial charge in [0.25, 0.3) is 0 Å². The van der Waals surface area contributed by atoms with Gasteiger partial charge in [-0.1, -0.05) is 19.3 Å². The van der Waals surface area contributed by atoms with E-state index in [-0.39, 0.29) is 11.3 Å². The van der Waals surface area contributed by atoms with Gasteiger partial charge < -0.3 is 5.32 Å². The van der Waals surface area contributed by atoms with Crippen LogP contribution in [0.5, 0.6) is 0 Å². The van der Waals surface area contributed by atoms with E-state index in [1.165, 1.54) is 12.8 Å². The fourth-order valence-corrected chi connectivity index (χ4v) is 4.44. The highest BCUT2D eigenvalue weighted by atomic mass is 32.2. The molecule has 0 amide bonds. The molecule has 0 aromatic heterocycles. The highest BCUT2D eigenvalue weighted by Gasteiger charge is 2.36. The second-order valence-corrected chi connectivity index (χ2v) is 6.44. The third kappa shape index (κ3) is 1.89. The lowest BCUT2D eigenvalue weighted by Gasteiger charge is -2.30. The van der Waals surface area contributed by atoms with Crippen LogP contribution in [0.4, 0.5) is 0 Å². The molecule has 1 heterocycles. The fourth-order valence-electron chi connectivity index (χ4n) is 2.47. The van der Waals surface area contributed by atoms with Gasteiger partial charge in [-0.3, -0.25) is 0 Å². The van der Waals surface area contributed by atoms with E-state index in [0.29, 0.717) is 12.3 Å². The molecule has 0 spiro atoms. The van der Waals surface area contributed by atoms with Crippen molar-refractivity contribution in [3.05, 3.63) is 0 Å². The van der Waals surface area contributed by atoms with Gasteiger partial charge in [-0.2, -0.15) is 0 Å². The van der Waals surface area contributed by atoms with Crippen molar-refractivity contribution in [1.82, 2.24) is 5.32 Å². The van der Waals surface area contributed by atoms with Crippen molar-refractivity contribution in [3.8, 4) is 0 Å². The summed E-state index contributed by atoms with van der Waals surface area (Å²) in [6.07, 6.45) is 5.39. The number of rotatable bonds is 0. The maximum absolute atomic E-state index is 11.7. The standard InChI is InChI=1S/C9H17NO2S/c11-13(12)7-6-10-8-4-2-1-3-5-9(8)13/h8-10H,1-7H2. The van der Waals surface area contributed by atoms with Crippen LogP contribution in [-0.2, 0) is 9.84 Å². The third-order valence-electron chi connectivity index (χ3n) is 3.21. The molecule has 13 heavy (non-hydrogen) atoms. The minimum Gasteiger partial charge on any atom is -0.312 e. The van der Waals surface area contributed by atoms with E-state index in [0.717, 1.165) is 19.3 Å². The van der Waals surface area contributed by atoms with Gasteiger partial charge in [0.1, 0.15) is 0 Å². The fraction of sp³-hybridized carbons (Fsp3) is 1.00. The van der Waals surface area contributed by atoms with Crippen LogP contribution in [0.1, 0.15) is 32.1 Å². The highest BCUT2D eigenvalue weighted by molar-refractivity contribution is 7.92. The number of sulfone groups is 1. The molecule has 1 N–H and O–H groups in total. The number of nitrogens with one attached hydrogen (secondary N) is 1. The molecule has 76 valence electrons. The Morgan fingerprint density at radius 1 is 1.08 bits per heavy atom. The van der Waals surface area contributed by atoms with Crippen LogP contribution < -0.4 is 5.32 Å². The molecular formula is C9H17NO2S. The SMILES string of the molecule is O=S1(=O)CCNC2CCCCCC21. The van der Waals surface area contributed by atoms with Crippen molar-refractivity contribution in [3.63, 3.8) is 0 Å². The summed E-state index contributed by atoms with van der Waals surface area (Å²) in [5.41, 5.74) is 0. The summed E-state index contributed by atoms with van der Waals surface area (Å²) in [5, 5.41) is 3.26. The molecule has 4 heteroatoms. The Balaban J connectivity index is 2.19. The molecule has 1 aliphatic carbocycles. The molecular weight excluding hydrogens is 186 g/mol. The van der Waals surface area contributed by atoms with Gasteiger partial charge in [-0.15, -0.1) is 0 Å². The van der Waals surface area contributed by atoms with Crippen LogP contribution in [0.2, 0.25) is 0 Å². The maximum atomic E-state index is 11.7. The molecule has 1 saturated carbocycles. The Morgan fingerprint density at radius 3 is 2.69 bits per heavy atom. The summed E-state index contributed by atoms with van der Waals surface area (Å²) in [4.78, 5) is 0. The summed E-state index contributed by atoms with van der Waals surface area (Å²) in [7, 11) is -2.77. The molecule has 2 aliphatic rings. The molecule has 2 atom stereocenters. The van der Waals surface area contributed by atoms with Crippen molar-refractivity contribution in [2.24, 2.45) is 0 Å². The highest BCUT2D eigenvalue weighted by Crippen LogP contribution is 2.26. The summed E-state index contributed by atoms with van der Waals surface area (Å²) >= 11 is 0. The Bertz CT molecular complexity index is 273. The van der Waals surface area contributed by atoms with E-state index in [9.17, 15) is 8.42 Å². The van der Waals surface area contributed by atoms with Crippen molar-refractivity contribution in [2.45, 2.75) is 43.4 Å². The number of hydrogen-bond donors (Lipinski definition) is 1. The van der Waals surface area contributed by atoms with Gasteiger partial charge in [0.05, 0.1) is 11.0 Å². The average molecular weight is 203 g/mol. The molecule has 0 radical (unpaired) electrons. The molecule has 0 bridgehead atoms. The molecule has 2 rings (SSSR count). The Hall–Kier alpha value is -0.0900. The molecule has 2 unspecified atom stereocenters. The van der Waals surface area contributed by atoms with Gasteiger partial charge >= 0.3 is 0 Å². The number of fused-ring (bicyclic) bond motifs is 1. The van der Waals surface area contributed by atoms with Gasteiger partial charge in [0, 0.05) is 12.6 Å². The topological polar surface area (TPSA) is 46.2 Å². The predicted octanol–water partition coefficient (Wildman–Crippen LogP) is 0.706. The van der Waals surface area contributed by atoms with Crippen LogP contribution in [-0.4, -0.2) is 32.0 Å². The molecule has 1 saturated heterocycles. The Morgan fingerprint density at radius 2 is 1.85 bits per heavy atom. The minimum absolute atomic E-state index is 0.0799. The van der Waals surface area contributed by atoms with E-state index >= 15 is 0 Å². The maximum Gasteiger partial charge on any atom is 0.155 e. The van der Waals surface area contributed by atoms with Gasteiger partial charge in [0.2, 0.25) is 0 Å². The lowest BCUT2D eigenvalue weighted by molar-refractivity contribution is 0.439. The molecule has 1 aliphatic heterocycles. The zero-order valence-electron chi connectivity index (χ0n) is 7.83. The van der Waals surface area contributed by atoms with Crippen molar-refractivity contribution in [2.75, 3.05) is 12.3 Å². The van der Waals surface area contributed by atoms with Crippen LogP contribution in [0.15, 0.2) is 0 Å². The minimum atomic E-state index is -2.77. The van der Waals surface area contributed by atoms with Crippen molar-refractivity contribution < 1.29 is 8.42 Å². The van der Waals surface area contributed by atoms with E-state index in [1.54, 1.807) is 0 Å². The molecule has 2 fully saturated rings. The predicted molar refractivity (Wildman–Crippen MR) is 52.5 cm³/mol. The monoisotopic (exact) mass is 203 g/mol. The van der Waals surface area contributed by atoms with Crippen LogP contribution in [0, 0.1) is 0 Å².